The summed E-state index contributed by atoms with van der Waals surface area (Å²) in [6.07, 6.45) is 4.25. The zero-order valence-corrected chi connectivity index (χ0v) is 9.91. The van der Waals surface area contributed by atoms with Crippen LogP contribution in [0.2, 0.25) is 0 Å². The van der Waals surface area contributed by atoms with Crippen molar-refractivity contribution in [1.82, 2.24) is 20.6 Å². The van der Waals surface area contributed by atoms with Gasteiger partial charge in [-0.15, -0.1) is 0 Å². The van der Waals surface area contributed by atoms with E-state index in [1.54, 1.807) is 0 Å². The summed E-state index contributed by atoms with van der Waals surface area (Å²) in [4.78, 5) is 38.1. The van der Waals surface area contributed by atoms with E-state index in [9.17, 15) is 14.4 Å². The fraction of sp³-hybridized carbons (Fsp3) is 0.545. The minimum absolute atomic E-state index is 0.0750. The Bertz CT molecular complexity index is 528. The molecule has 0 radical (unpaired) electrons. The summed E-state index contributed by atoms with van der Waals surface area (Å²) in [6.45, 7) is 1.53. The fourth-order valence-electron chi connectivity index (χ4n) is 2.04. The second-order valence-electron chi connectivity index (χ2n) is 4.32. The van der Waals surface area contributed by atoms with Gasteiger partial charge in [0.15, 0.2) is 0 Å². The third kappa shape index (κ3) is 3.07. The summed E-state index contributed by atoms with van der Waals surface area (Å²) in [5.41, 5.74) is -1.36. The molecular formula is C11H16N4O3. The Balaban J connectivity index is 1.87. The number of amides is 1. The van der Waals surface area contributed by atoms with Gasteiger partial charge in [-0.05, 0) is 25.8 Å². The average Bonchev–Trinajstić information content (AvgIpc) is 2.81. The third-order valence-electron chi connectivity index (χ3n) is 3.00. The lowest BCUT2D eigenvalue weighted by Crippen LogP contribution is -2.35. The Morgan fingerprint density at radius 2 is 2.28 bits per heavy atom. The zero-order chi connectivity index (χ0) is 13.0. The second-order valence-corrected chi connectivity index (χ2v) is 4.32. The van der Waals surface area contributed by atoms with Crippen LogP contribution in [0.5, 0.6) is 0 Å². The van der Waals surface area contributed by atoms with Crippen LogP contribution >= 0.6 is 0 Å². The van der Waals surface area contributed by atoms with E-state index in [2.05, 4.69) is 15.6 Å². The molecule has 0 bridgehead atoms. The molecule has 0 aromatic carbocycles. The van der Waals surface area contributed by atoms with Crippen molar-refractivity contribution in [2.24, 2.45) is 0 Å². The molecule has 1 aliphatic rings. The molecule has 7 heteroatoms. The number of rotatable bonds is 4. The number of carbonyl (C=O) groups excluding carboxylic acids is 1. The highest BCUT2D eigenvalue weighted by Gasteiger charge is 2.15. The predicted octanol–water partition coefficient (Wildman–Crippen LogP) is -1.06. The summed E-state index contributed by atoms with van der Waals surface area (Å²) in [5, 5.41) is 5.99. The second kappa shape index (κ2) is 5.63. The normalized spacial score (nSPS) is 18.8. The highest BCUT2D eigenvalue weighted by atomic mass is 16.2. The fourth-order valence-corrected chi connectivity index (χ4v) is 2.04. The number of hydrogen-bond donors (Lipinski definition) is 4. The molecular weight excluding hydrogens is 236 g/mol. The molecule has 1 amide bonds. The molecule has 1 fully saturated rings. The van der Waals surface area contributed by atoms with Gasteiger partial charge in [0, 0.05) is 18.8 Å². The molecule has 18 heavy (non-hydrogen) atoms. The van der Waals surface area contributed by atoms with E-state index in [0.29, 0.717) is 12.6 Å². The van der Waals surface area contributed by atoms with Gasteiger partial charge in [-0.2, -0.15) is 0 Å². The topological polar surface area (TPSA) is 107 Å². The smallest absolute Gasteiger partial charge is 0.325 e. The minimum atomic E-state index is -0.671. The molecule has 1 aliphatic heterocycles. The lowest BCUT2D eigenvalue weighted by Gasteiger charge is -2.10. The monoisotopic (exact) mass is 252 g/mol. The average molecular weight is 252 g/mol. The quantitative estimate of drug-likeness (QED) is 0.547. The van der Waals surface area contributed by atoms with Gasteiger partial charge in [0.2, 0.25) is 0 Å². The number of aromatic amines is 2. The predicted molar refractivity (Wildman–Crippen MR) is 65.7 cm³/mol. The molecule has 1 aromatic rings. The van der Waals surface area contributed by atoms with Crippen LogP contribution < -0.4 is 21.9 Å². The van der Waals surface area contributed by atoms with Gasteiger partial charge in [0.05, 0.1) is 0 Å². The van der Waals surface area contributed by atoms with Crippen LogP contribution in [0.15, 0.2) is 15.8 Å². The van der Waals surface area contributed by atoms with E-state index in [4.69, 9.17) is 0 Å². The van der Waals surface area contributed by atoms with E-state index in [1.165, 1.54) is 0 Å². The van der Waals surface area contributed by atoms with Gasteiger partial charge in [0.1, 0.15) is 5.56 Å². The first-order valence-corrected chi connectivity index (χ1v) is 6.00. The maximum absolute atomic E-state index is 11.7. The summed E-state index contributed by atoms with van der Waals surface area (Å²) >= 11 is 0. The molecule has 7 nitrogen and oxygen atoms in total. The van der Waals surface area contributed by atoms with Crippen LogP contribution in [0.1, 0.15) is 29.6 Å². The van der Waals surface area contributed by atoms with Crippen LogP contribution in [0.4, 0.5) is 0 Å². The van der Waals surface area contributed by atoms with Crippen molar-refractivity contribution < 1.29 is 4.79 Å². The molecule has 1 aromatic heterocycles. The number of H-pyrrole nitrogens is 2. The van der Waals surface area contributed by atoms with Crippen molar-refractivity contribution in [3.63, 3.8) is 0 Å². The third-order valence-corrected chi connectivity index (χ3v) is 3.00. The Hall–Kier alpha value is -1.89. The Morgan fingerprint density at radius 1 is 1.44 bits per heavy atom. The van der Waals surface area contributed by atoms with Gasteiger partial charge in [0.25, 0.3) is 11.5 Å². The molecule has 0 spiro atoms. The molecule has 1 unspecified atom stereocenters. The van der Waals surface area contributed by atoms with Gasteiger partial charge >= 0.3 is 5.69 Å². The number of carbonyl (C=O) groups is 1. The first-order valence-electron chi connectivity index (χ1n) is 6.00. The first kappa shape index (κ1) is 12.6. The summed E-state index contributed by atoms with van der Waals surface area (Å²) in [7, 11) is 0. The van der Waals surface area contributed by atoms with Crippen molar-refractivity contribution in [3.05, 3.63) is 32.6 Å². The number of hydrogen-bond acceptors (Lipinski definition) is 4. The largest absolute Gasteiger partial charge is 0.352 e. The van der Waals surface area contributed by atoms with Gasteiger partial charge < -0.3 is 15.6 Å². The van der Waals surface area contributed by atoms with Crippen LogP contribution in [-0.4, -0.2) is 35.0 Å². The molecule has 0 aliphatic carbocycles. The first-order chi connectivity index (χ1) is 8.66. The number of aromatic nitrogens is 2. The van der Waals surface area contributed by atoms with Crippen LogP contribution in [0.25, 0.3) is 0 Å². The highest BCUT2D eigenvalue weighted by molar-refractivity contribution is 5.93. The van der Waals surface area contributed by atoms with E-state index < -0.39 is 17.2 Å². The molecule has 0 saturated carbocycles. The van der Waals surface area contributed by atoms with Crippen molar-refractivity contribution in [3.8, 4) is 0 Å². The summed E-state index contributed by atoms with van der Waals surface area (Å²) in [5.74, 6) is -0.467. The van der Waals surface area contributed by atoms with Gasteiger partial charge in [-0.25, -0.2) is 4.79 Å². The minimum Gasteiger partial charge on any atom is -0.352 e. The molecule has 1 saturated heterocycles. The zero-order valence-electron chi connectivity index (χ0n) is 9.91. The summed E-state index contributed by atoms with van der Waals surface area (Å²) in [6, 6.07) is 0.444. The van der Waals surface area contributed by atoms with E-state index in [0.717, 1.165) is 32.0 Å². The molecule has 4 N–H and O–H groups in total. The van der Waals surface area contributed by atoms with Crippen molar-refractivity contribution in [1.29, 1.82) is 0 Å². The summed E-state index contributed by atoms with van der Waals surface area (Å²) < 4.78 is 0. The Labute approximate surface area is 103 Å². The van der Waals surface area contributed by atoms with Gasteiger partial charge in [-0.3, -0.25) is 14.6 Å². The van der Waals surface area contributed by atoms with Crippen molar-refractivity contribution in [2.75, 3.05) is 13.1 Å². The molecule has 2 rings (SSSR count). The van der Waals surface area contributed by atoms with E-state index in [1.807, 2.05) is 4.98 Å². The maximum atomic E-state index is 11.7. The Kier molecular flexibility index (Phi) is 3.93. The van der Waals surface area contributed by atoms with Crippen molar-refractivity contribution >= 4 is 5.91 Å². The molecule has 98 valence electrons. The van der Waals surface area contributed by atoms with Crippen LogP contribution in [0, 0.1) is 0 Å². The van der Waals surface area contributed by atoms with E-state index in [-0.39, 0.29) is 5.56 Å². The SMILES string of the molecule is O=C(NCCC1CCCN1)c1c[nH]c(=O)[nH]c1=O. The van der Waals surface area contributed by atoms with Crippen molar-refractivity contribution in [2.45, 2.75) is 25.3 Å². The lowest BCUT2D eigenvalue weighted by atomic mass is 10.1. The maximum Gasteiger partial charge on any atom is 0.325 e. The van der Waals surface area contributed by atoms with Crippen LogP contribution in [-0.2, 0) is 0 Å². The van der Waals surface area contributed by atoms with Gasteiger partial charge in [-0.1, -0.05) is 0 Å². The molecule has 1 atom stereocenters. The highest BCUT2D eigenvalue weighted by Crippen LogP contribution is 2.07. The standard InChI is InChI=1S/C11H16N4O3/c16-9(8-6-14-11(18)15-10(8)17)13-5-3-7-2-1-4-12-7/h6-7,12H,1-5H2,(H,13,16)(H2,14,15,17,18). The number of nitrogens with one attached hydrogen (secondary N) is 4. The Morgan fingerprint density at radius 3 is 2.94 bits per heavy atom. The molecule has 2 heterocycles. The lowest BCUT2D eigenvalue weighted by molar-refractivity contribution is 0.0950. The van der Waals surface area contributed by atoms with Crippen LogP contribution in [0.3, 0.4) is 0 Å². The van der Waals surface area contributed by atoms with E-state index >= 15 is 0 Å².